The molecule has 84 valence electrons. The molecule has 0 N–H and O–H groups in total. The van der Waals surface area contributed by atoms with Gasteiger partial charge in [0.25, 0.3) is 0 Å². The van der Waals surface area contributed by atoms with Crippen molar-refractivity contribution in [3.05, 3.63) is 11.8 Å². The number of nitrogens with zero attached hydrogens (tertiary/aromatic N) is 1. The Morgan fingerprint density at radius 2 is 2.00 bits per heavy atom. The molecule has 1 aliphatic carbocycles. The van der Waals surface area contributed by atoms with Crippen LogP contribution in [0.25, 0.3) is 0 Å². The first kappa shape index (κ1) is 11.8. The van der Waals surface area contributed by atoms with Crippen LogP contribution in [0.4, 0.5) is 0 Å². The number of Topliss-reactive ketones (excluding diaryl/α,β-unsaturated/α-hetero) is 1. The molecule has 1 saturated carbocycles. The van der Waals surface area contributed by atoms with Crippen LogP contribution in [0, 0.1) is 5.92 Å². The fraction of sp³-hybridized carbons (Fsp3) is 0.636. The molecule has 0 unspecified atom stereocenters. The third kappa shape index (κ3) is 3.38. The van der Waals surface area contributed by atoms with Crippen LogP contribution in [-0.4, -0.2) is 37.4 Å². The number of rotatable bonds is 5. The number of hydrogen-bond acceptors (Lipinski definition) is 4. The van der Waals surface area contributed by atoms with Crippen LogP contribution >= 0.6 is 0 Å². The van der Waals surface area contributed by atoms with Crippen LogP contribution in [-0.2, 0) is 14.3 Å². The highest BCUT2D eigenvalue weighted by Gasteiger charge is 2.35. The van der Waals surface area contributed by atoms with Gasteiger partial charge in [-0.3, -0.25) is 4.79 Å². The van der Waals surface area contributed by atoms with Crippen molar-refractivity contribution >= 4 is 11.8 Å². The molecule has 0 bridgehead atoms. The molecule has 0 spiro atoms. The normalized spacial score (nSPS) is 16.1. The summed E-state index contributed by atoms with van der Waals surface area (Å²) in [5.41, 5.74) is 0.171. The van der Waals surface area contributed by atoms with Gasteiger partial charge in [-0.25, -0.2) is 4.79 Å². The van der Waals surface area contributed by atoms with Gasteiger partial charge < -0.3 is 9.64 Å². The van der Waals surface area contributed by atoms with Gasteiger partial charge in [0.05, 0.1) is 6.61 Å². The van der Waals surface area contributed by atoms with E-state index in [0.29, 0.717) is 6.61 Å². The lowest BCUT2D eigenvalue weighted by Gasteiger charge is -2.09. The number of hydrogen-bond donors (Lipinski definition) is 0. The first-order chi connectivity index (χ1) is 7.06. The quantitative estimate of drug-likeness (QED) is 0.294. The number of carbonyl (C=O) groups excluding carboxylic acids is 2. The Balaban J connectivity index is 2.76. The molecule has 0 aromatic rings. The monoisotopic (exact) mass is 211 g/mol. The molecule has 1 fully saturated rings. The van der Waals surface area contributed by atoms with Gasteiger partial charge in [0.2, 0.25) is 0 Å². The molecule has 0 saturated heterocycles. The molecular weight excluding hydrogens is 194 g/mol. The van der Waals surface area contributed by atoms with Gasteiger partial charge in [0.1, 0.15) is 5.57 Å². The first-order valence-electron chi connectivity index (χ1n) is 5.15. The summed E-state index contributed by atoms with van der Waals surface area (Å²) in [5.74, 6) is -0.550. The maximum absolute atomic E-state index is 11.8. The lowest BCUT2D eigenvalue weighted by atomic mass is 10.1. The molecule has 4 heteroatoms. The second-order valence-electron chi connectivity index (χ2n) is 3.87. The topological polar surface area (TPSA) is 46.6 Å². The molecule has 0 aliphatic heterocycles. The zero-order valence-electron chi connectivity index (χ0n) is 9.45. The molecule has 15 heavy (non-hydrogen) atoms. The van der Waals surface area contributed by atoms with E-state index in [0.717, 1.165) is 12.8 Å². The van der Waals surface area contributed by atoms with Crippen molar-refractivity contribution in [2.75, 3.05) is 20.7 Å². The Morgan fingerprint density at radius 3 is 2.40 bits per heavy atom. The maximum Gasteiger partial charge on any atom is 0.343 e. The van der Waals surface area contributed by atoms with Crippen LogP contribution < -0.4 is 0 Å². The second kappa shape index (κ2) is 4.96. The van der Waals surface area contributed by atoms with Crippen molar-refractivity contribution in [3.8, 4) is 0 Å². The predicted octanol–water partition coefficient (Wildman–Crippen LogP) is 0.974. The zero-order chi connectivity index (χ0) is 11.4. The molecule has 0 radical (unpaired) electrons. The third-order valence-corrected chi connectivity index (χ3v) is 2.10. The van der Waals surface area contributed by atoms with E-state index in [2.05, 4.69) is 0 Å². The van der Waals surface area contributed by atoms with Crippen molar-refractivity contribution in [1.29, 1.82) is 0 Å². The maximum atomic E-state index is 11.8. The minimum absolute atomic E-state index is 0.0422. The SMILES string of the molecule is CCOC(=O)/C(=C\N(C)C)C(=O)C1CC1. The van der Waals surface area contributed by atoms with Gasteiger partial charge in [0, 0.05) is 26.2 Å². The van der Waals surface area contributed by atoms with Crippen LogP contribution in [0.1, 0.15) is 19.8 Å². The van der Waals surface area contributed by atoms with Crippen molar-refractivity contribution in [2.45, 2.75) is 19.8 Å². The van der Waals surface area contributed by atoms with Crippen LogP contribution in [0.3, 0.4) is 0 Å². The smallest absolute Gasteiger partial charge is 0.343 e. The largest absolute Gasteiger partial charge is 0.462 e. The van der Waals surface area contributed by atoms with E-state index in [1.54, 1.807) is 32.1 Å². The number of carbonyl (C=O) groups is 2. The highest BCUT2D eigenvalue weighted by atomic mass is 16.5. The van der Waals surface area contributed by atoms with E-state index in [-0.39, 0.29) is 17.3 Å². The summed E-state index contributed by atoms with van der Waals surface area (Å²) < 4.78 is 4.85. The lowest BCUT2D eigenvalue weighted by molar-refractivity contribution is -0.140. The summed E-state index contributed by atoms with van der Waals surface area (Å²) >= 11 is 0. The molecule has 1 aliphatic rings. The van der Waals surface area contributed by atoms with Gasteiger partial charge in [-0.15, -0.1) is 0 Å². The Hall–Kier alpha value is -1.32. The second-order valence-corrected chi connectivity index (χ2v) is 3.87. The molecule has 4 nitrogen and oxygen atoms in total. The summed E-state index contributed by atoms with van der Waals surface area (Å²) in [4.78, 5) is 25.0. The summed E-state index contributed by atoms with van der Waals surface area (Å²) in [6, 6.07) is 0. The fourth-order valence-electron chi connectivity index (χ4n) is 1.25. The number of ether oxygens (including phenoxy) is 1. The van der Waals surface area contributed by atoms with Gasteiger partial charge in [0.15, 0.2) is 5.78 Å². The van der Waals surface area contributed by atoms with E-state index in [1.165, 1.54) is 0 Å². The Labute approximate surface area is 89.9 Å². The van der Waals surface area contributed by atoms with Gasteiger partial charge in [-0.05, 0) is 19.8 Å². The van der Waals surface area contributed by atoms with E-state index in [1.807, 2.05) is 0 Å². The van der Waals surface area contributed by atoms with Gasteiger partial charge >= 0.3 is 5.97 Å². The summed E-state index contributed by atoms with van der Waals surface area (Å²) in [7, 11) is 3.55. The average Bonchev–Trinajstić information content (AvgIpc) is 2.96. The molecule has 0 aromatic carbocycles. The summed E-state index contributed by atoms with van der Waals surface area (Å²) in [6.07, 6.45) is 3.32. The minimum Gasteiger partial charge on any atom is -0.462 e. The van der Waals surface area contributed by atoms with Gasteiger partial charge in [-0.1, -0.05) is 0 Å². The van der Waals surface area contributed by atoms with Crippen molar-refractivity contribution in [2.24, 2.45) is 5.92 Å². The Kier molecular flexibility index (Phi) is 3.88. The molecule has 0 amide bonds. The van der Waals surface area contributed by atoms with Crippen LogP contribution in [0.15, 0.2) is 11.8 Å². The van der Waals surface area contributed by atoms with E-state index >= 15 is 0 Å². The highest BCUT2D eigenvalue weighted by Crippen LogP contribution is 2.32. The predicted molar refractivity (Wildman–Crippen MR) is 56.1 cm³/mol. The molecule has 0 aromatic heterocycles. The Morgan fingerprint density at radius 1 is 1.40 bits per heavy atom. The van der Waals surface area contributed by atoms with Gasteiger partial charge in [-0.2, -0.15) is 0 Å². The average molecular weight is 211 g/mol. The minimum atomic E-state index is -0.511. The van der Waals surface area contributed by atoms with E-state index in [4.69, 9.17) is 4.74 Å². The summed E-state index contributed by atoms with van der Waals surface area (Å²) in [6.45, 7) is 2.02. The van der Waals surface area contributed by atoms with E-state index in [9.17, 15) is 9.59 Å². The van der Waals surface area contributed by atoms with Crippen LogP contribution in [0.5, 0.6) is 0 Å². The highest BCUT2D eigenvalue weighted by molar-refractivity contribution is 6.18. The number of ketones is 1. The zero-order valence-corrected chi connectivity index (χ0v) is 9.45. The molecule has 1 rings (SSSR count). The van der Waals surface area contributed by atoms with E-state index < -0.39 is 5.97 Å². The first-order valence-corrected chi connectivity index (χ1v) is 5.15. The summed E-state index contributed by atoms with van der Waals surface area (Å²) in [5, 5.41) is 0. The molecule has 0 atom stereocenters. The lowest BCUT2D eigenvalue weighted by Crippen LogP contribution is -2.20. The van der Waals surface area contributed by atoms with Crippen molar-refractivity contribution in [1.82, 2.24) is 4.90 Å². The number of esters is 1. The molecular formula is C11H17NO3. The third-order valence-electron chi connectivity index (χ3n) is 2.10. The molecule has 0 heterocycles. The van der Waals surface area contributed by atoms with Crippen molar-refractivity contribution in [3.63, 3.8) is 0 Å². The van der Waals surface area contributed by atoms with Crippen LogP contribution in [0.2, 0.25) is 0 Å². The fourth-order valence-corrected chi connectivity index (χ4v) is 1.25. The van der Waals surface area contributed by atoms with Crippen molar-refractivity contribution < 1.29 is 14.3 Å². The standard InChI is InChI=1S/C11H17NO3/c1-4-15-11(14)9(7-12(2)3)10(13)8-5-6-8/h7-8H,4-6H2,1-3H3/b9-7-. The Bertz CT molecular complexity index is 290.